The first-order valence-electron chi connectivity index (χ1n) is 1.89. The molecule has 0 aromatic heterocycles. The number of hydrogen-bond donors (Lipinski definition) is 3. The quantitative estimate of drug-likeness (QED) is 0.287. The summed E-state index contributed by atoms with van der Waals surface area (Å²) >= 11 is 0. The fourth-order valence-electron chi connectivity index (χ4n) is 0.171. The molecule has 0 radical (unpaired) electrons. The van der Waals surface area contributed by atoms with Gasteiger partial charge in [0.15, 0.2) is 0 Å². The van der Waals surface area contributed by atoms with E-state index in [0.717, 1.165) is 0 Å². The molecule has 0 atom stereocenters. The van der Waals surface area contributed by atoms with E-state index in [4.69, 9.17) is 10.8 Å². The Labute approximate surface area is 37.7 Å². The van der Waals surface area contributed by atoms with Crippen molar-refractivity contribution in [3.05, 3.63) is 0 Å². The van der Waals surface area contributed by atoms with Gasteiger partial charge in [-0.3, -0.25) is 0 Å². The van der Waals surface area contributed by atoms with Crippen molar-refractivity contribution >= 4 is 7.05 Å². The highest BCUT2D eigenvalue weighted by molar-refractivity contribution is 6.45. The van der Waals surface area contributed by atoms with Crippen LogP contribution in [0.25, 0.3) is 0 Å². The summed E-state index contributed by atoms with van der Waals surface area (Å²) < 4.78 is 0. The van der Waals surface area contributed by atoms with E-state index in [1.54, 1.807) is 6.82 Å². The third-order valence-corrected chi connectivity index (χ3v) is 0.413. The SMILES string of the molecule is CB(O)NCN. The predicted octanol–water partition coefficient (Wildman–Crippen LogP) is -1.40. The van der Waals surface area contributed by atoms with Crippen molar-refractivity contribution in [3.8, 4) is 0 Å². The van der Waals surface area contributed by atoms with E-state index in [0.29, 0.717) is 6.67 Å². The van der Waals surface area contributed by atoms with Crippen LogP contribution in [0.15, 0.2) is 0 Å². The van der Waals surface area contributed by atoms with E-state index in [9.17, 15) is 0 Å². The van der Waals surface area contributed by atoms with Crippen molar-refractivity contribution in [3.63, 3.8) is 0 Å². The number of rotatable bonds is 2. The monoisotopic (exact) mass is 88.1 g/mol. The summed E-state index contributed by atoms with van der Waals surface area (Å²) in [6.07, 6.45) is 0. The van der Waals surface area contributed by atoms with Gasteiger partial charge < -0.3 is 16.0 Å². The highest BCUT2D eigenvalue weighted by atomic mass is 16.2. The molecule has 0 fully saturated rings. The lowest BCUT2D eigenvalue weighted by atomic mass is 9.90. The van der Waals surface area contributed by atoms with Crippen molar-refractivity contribution in [2.75, 3.05) is 6.67 Å². The van der Waals surface area contributed by atoms with Crippen LogP contribution < -0.4 is 11.0 Å². The molecular formula is C2H9BN2O. The van der Waals surface area contributed by atoms with E-state index >= 15 is 0 Å². The van der Waals surface area contributed by atoms with E-state index in [2.05, 4.69) is 5.23 Å². The van der Waals surface area contributed by atoms with Crippen LogP contribution in [0.2, 0.25) is 6.82 Å². The highest BCUT2D eigenvalue weighted by Gasteiger charge is 1.94. The molecule has 0 amide bonds. The second-order valence-electron chi connectivity index (χ2n) is 1.08. The zero-order valence-electron chi connectivity index (χ0n) is 3.81. The molecule has 0 aromatic carbocycles. The first kappa shape index (κ1) is 5.94. The van der Waals surface area contributed by atoms with Gasteiger partial charge in [-0.15, -0.1) is 0 Å². The third kappa shape index (κ3) is 3.94. The van der Waals surface area contributed by atoms with Crippen molar-refractivity contribution in [1.82, 2.24) is 5.23 Å². The lowest BCUT2D eigenvalue weighted by Gasteiger charge is -1.94. The minimum absolute atomic E-state index is 0.331. The number of nitrogens with two attached hydrogens (primary N) is 1. The van der Waals surface area contributed by atoms with Crippen molar-refractivity contribution in [2.24, 2.45) is 5.73 Å². The van der Waals surface area contributed by atoms with Crippen LogP contribution in [-0.2, 0) is 0 Å². The average molecular weight is 87.9 g/mol. The molecule has 36 valence electrons. The fourth-order valence-corrected chi connectivity index (χ4v) is 0.171. The molecule has 0 aliphatic rings. The van der Waals surface area contributed by atoms with Crippen LogP contribution >= 0.6 is 0 Å². The minimum Gasteiger partial charge on any atom is -0.437 e. The standard InChI is InChI=1S/C2H9BN2O/c1-3(6)5-2-4/h5-6H,2,4H2,1H3. The fraction of sp³-hybridized carbons (Fsp3) is 1.00. The summed E-state index contributed by atoms with van der Waals surface area (Å²) in [5.74, 6) is 0. The lowest BCUT2D eigenvalue weighted by molar-refractivity contribution is 0.556. The molecule has 3 nitrogen and oxygen atoms in total. The smallest absolute Gasteiger partial charge is 0.374 e. The maximum absolute atomic E-state index is 8.36. The Balaban J connectivity index is 2.63. The zero-order chi connectivity index (χ0) is 4.99. The Morgan fingerprint density at radius 1 is 2.00 bits per heavy atom. The zero-order valence-corrected chi connectivity index (χ0v) is 3.81. The maximum Gasteiger partial charge on any atom is 0.374 e. The van der Waals surface area contributed by atoms with Crippen molar-refractivity contribution < 1.29 is 5.02 Å². The topological polar surface area (TPSA) is 58.3 Å². The van der Waals surface area contributed by atoms with Gasteiger partial charge in [-0.1, -0.05) is 0 Å². The lowest BCUT2D eigenvalue weighted by Crippen LogP contribution is -2.35. The number of hydrogen-bond acceptors (Lipinski definition) is 3. The van der Waals surface area contributed by atoms with Crippen LogP contribution in [-0.4, -0.2) is 18.7 Å². The number of nitrogens with one attached hydrogen (secondary N) is 1. The van der Waals surface area contributed by atoms with Gasteiger partial charge in [0.1, 0.15) is 0 Å². The highest BCUT2D eigenvalue weighted by Crippen LogP contribution is 1.56. The molecule has 4 N–H and O–H groups in total. The predicted molar refractivity (Wildman–Crippen MR) is 26.0 cm³/mol. The van der Waals surface area contributed by atoms with Gasteiger partial charge in [-0.05, 0) is 6.82 Å². The van der Waals surface area contributed by atoms with Gasteiger partial charge in [-0.25, -0.2) is 0 Å². The molecule has 4 heteroatoms. The Bertz CT molecular complexity index is 32.7. The molecule has 0 aliphatic carbocycles. The van der Waals surface area contributed by atoms with Crippen LogP contribution in [0.1, 0.15) is 0 Å². The van der Waals surface area contributed by atoms with Crippen LogP contribution in [0.4, 0.5) is 0 Å². The normalized spacial score (nSPS) is 8.50. The summed E-state index contributed by atoms with van der Waals surface area (Å²) in [4.78, 5) is 0. The van der Waals surface area contributed by atoms with Gasteiger partial charge in [0.2, 0.25) is 0 Å². The largest absolute Gasteiger partial charge is 0.437 e. The molecule has 0 saturated heterocycles. The molecule has 0 unspecified atom stereocenters. The van der Waals surface area contributed by atoms with Gasteiger partial charge in [0.25, 0.3) is 0 Å². The average Bonchev–Trinajstić information content (AvgIpc) is 1.35. The van der Waals surface area contributed by atoms with Crippen LogP contribution in [0.3, 0.4) is 0 Å². The van der Waals surface area contributed by atoms with E-state index in [1.165, 1.54) is 0 Å². The van der Waals surface area contributed by atoms with E-state index < -0.39 is 7.05 Å². The Morgan fingerprint density at radius 3 is 2.50 bits per heavy atom. The summed E-state index contributed by atoms with van der Waals surface area (Å²) in [6, 6.07) is 0. The summed E-state index contributed by atoms with van der Waals surface area (Å²) in [7, 11) is -0.477. The van der Waals surface area contributed by atoms with Crippen LogP contribution in [0.5, 0.6) is 0 Å². The molecule has 0 saturated carbocycles. The summed E-state index contributed by atoms with van der Waals surface area (Å²) in [5, 5.41) is 10.9. The van der Waals surface area contributed by atoms with E-state index in [-0.39, 0.29) is 0 Å². The Kier molecular flexibility index (Phi) is 3.12. The van der Waals surface area contributed by atoms with Gasteiger partial charge in [0.05, 0.1) is 0 Å². The van der Waals surface area contributed by atoms with Crippen molar-refractivity contribution in [2.45, 2.75) is 6.82 Å². The molecule has 0 rings (SSSR count). The molecule has 0 heterocycles. The second-order valence-corrected chi connectivity index (χ2v) is 1.08. The second kappa shape index (κ2) is 3.15. The molecular weight excluding hydrogens is 78.8 g/mol. The molecule has 0 aliphatic heterocycles. The molecule has 6 heavy (non-hydrogen) atoms. The van der Waals surface area contributed by atoms with Crippen molar-refractivity contribution in [1.29, 1.82) is 0 Å². The Morgan fingerprint density at radius 2 is 2.50 bits per heavy atom. The Hall–Kier alpha value is -0.0551. The third-order valence-electron chi connectivity index (χ3n) is 0.413. The van der Waals surface area contributed by atoms with Crippen LogP contribution in [0, 0.1) is 0 Å². The molecule has 0 bridgehead atoms. The molecule has 0 aromatic rings. The first-order valence-corrected chi connectivity index (χ1v) is 1.89. The summed E-state index contributed by atoms with van der Waals surface area (Å²) in [5.41, 5.74) is 4.96. The first-order chi connectivity index (χ1) is 2.77. The van der Waals surface area contributed by atoms with Gasteiger partial charge >= 0.3 is 7.05 Å². The maximum atomic E-state index is 8.36. The van der Waals surface area contributed by atoms with E-state index in [1.807, 2.05) is 0 Å². The minimum atomic E-state index is -0.477. The molecule has 0 spiro atoms. The van der Waals surface area contributed by atoms with Gasteiger partial charge in [0, 0.05) is 6.67 Å². The van der Waals surface area contributed by atoms with Gasteiger partial charge in [-0.2, -0.15) is 0 Å². The summed E-state index contributed by atoms with van der Waals surface area (Å²) in [6.45, 7) is 1.95.